The van der Waals surface area contributed by atoms with E-state index in [0.29, 0.717) is 16.7 Å². The summed E-state index contributed by atoms with van der Waals surface area (Å²) >= 11 is 1.20. The molecular weight excluding hydrogens is 284 g/mol. The second-order valence-electron chi connectivity index (χ2n) is 3.81. The molecule has 0 amide bonds. The molecule has 8 heteroatoms. The smallest absolute Gasteiger partial charge is 0.360 e. The Morgan fingerprint density at radius 3 is 2.85 bits per heavy atom. The highest BCUT2D eigenvalue weighted by Gasteiger charge is 2.22. The largest absolute Gasteiger partial charge is 0.501 e. The molecule has 0 spiro atoms. The minimum atomic E-state index is -0.925. The zero-order valence-corrected chi connectivity index (χ0v) is 11.4. The van der Waals surface area contributed by atoms with Crippen molar-refractivity contribution in [1.29, 1.82) is 0 Å². The lowest BCUT2D eigenvalue weighted by Gasteiger charge is -2.09. The summed E-state index contributed by atoms with van der Waals surface area (Å²) in [5.74, 6) is -1.59. The average Bonchev–Trinajstić information content (AvgIpc) is 2.92. The molecule has 7 nitrogen and oxygen atoms in total. The molecule has 2 heterocycles. The van der Waals surface area contributed by atoms with Gasteiger partial charge in [0.1, 0.15) is 0 Å². The number of aldehydes is 1. The van der Waals surface area contributed by atoms with Gasteiger partial charge in [0.05, 0.1) is 12.0 Å². The van der Waals surface area contributed by atoms with Gasteiger partial charge in [-0.2, -0.15) is 0 Å². The molecule has 0 aliphatic heterocycles. The van der Waals surface area contributed by atoms with Crippen molar-refractivity contribution >= 4 is 23.6 Å². The number of nitrogens with zero attached hydrogens (tertiary/aromatic N) is 2. The Balaban J connectivity index is 2.78. The highest BCUT2D eigenvalue weighted by Crippen LogP contribution is 2.27. The fraction of sp³-hybridized carbons (Fsp3) is 0.167. The van der Waals surface area contributed by atoms with Crippen LogP contribution in [0.2, 0.25) is 0 Å². The van der Waals surface area contributed by atoms with Crippen LogP contribution >= 0.6 is 11.3 Å². The summed E-state index contributed by atoms with van der Waals surface area (Å²) in [6.07, 6.45) is 0.628. The van der Waals surface area contributed by atoms with Gasteiger partial charge in [0.25, 0.3) is 5.56 Å². The monoisotopic (exact) mass is 294 g/mol. The summed E-state index contributed by atoms with van der Waals surface area (Å²) in [5, 5.41) is 11.3. The van der Waals surface area contributed by atoms with Crippen LogP contribution < -0.4 is 5.56 Å². The minimum Gasteiger partial charge on any atom is -0.501 e. The Morgan fingerprint density at radius 2 is 2.25 bits per heavy atom. The Kier molecular flexibility index (Phi) is 3.66. The summed E-state index contributed by atoms with van der Waals surface area (Å²) in [7, 11) is 2.50. The van der Waals surface area contributed by atoms with Gasteiger partial charge in [-0.05, 0) is 11.4 Å². The summed E-state index contributed by atoms with van der Waals surface area (Å²) in [6, 6.07) is 1.57. The van der Waals surface area contributed by atoms with Crippen molar-refractivity contribution in [1.82, 2.24) is 9.55 Å². The van der Waals surface area contributed by atoms with Gasteiger partial charge in [0.2, 0.25) is 5.75 Å². The van der Waals surface area contributed by atoms with Crippen LogP contribution in [0, 0.1) is 0 Å². The van der Waals surface area contributed by atoms with Crippen molar-refractivity contribution in [2.24, 2.45) is 7.05 Å². The first-order valence-electron chi connectivity index (χ1n) is 5.42. The molecule has 2 rings (SSSR count). The molecule has 0 atom stereocenters. The summed E-state index contributed by atoms with van der Waals surface area (Å²) in [5.41, 5.74) is -0.921. The third-order valence-electron chi connectivity index (χ3n) is 2.67. The number of esters is 1. The summed E-state index contributed by atoms with van der Waals surface area (Å²) in [4.78, 5) is 38.8. The molecule has 0 aliphatic rings. The summed E-state index contributed by atoms with van der Waals surface area (Å²) < 4.78 is 5.54. The number of hydrogen-bond donors (Lipinski definition) is 1. The predicted molar refractivity (Wildman–Crippen MR) is 71.2 cm³/mol. The van der Waals surface area contributed by atoms with Gasteiger partial charge in [-0.25, -0.2) is 9.78 Å². The van der Waals surface area contributed by atoms with E-state index in [1.54, 1.807) is 11.4 Å². The van der Waals surface area contributed by atoms with Crippen molar-refractivity contribution in [3.05, 3.63) is 33.1 Å². The van der Waals surface area contributed by atoms with Crippen molar-refractivity contribution in [3.8, 4) is 16.5 Å². The van der Waals surface area contributed by atoms with Gasteiger partial charge in [-0.3, -0.25) is 14.2 Å². The second-order valence-corrected chi connectivity index (χ2v) is 4.73. The Bertz CT molecular complexity index is 747. The maximum absolute atomic E-state index is 11.9. The number of carbonyl (C=O) groups is 2. The molecular formula is C12H10N2O5S. The highest BCUT2D eigenvalue weighted by atomic mass is 32.1. The molecule has 0 bridgehead atoms. The molecule has 104 valence electrons. The van der Waals surface area contributed by atoms with Gasteiger partial charge in [-0.1, -0.05) is 0 Å². The van der Waals surface area contributed by atoms with Crippen LogP contribution in [0.5, 0.6) is 5.75 Å². The molecule has 0 aromatic carbocycles. The van der Waals surface area contributed by atoms with Gasteiger partial charge in [-0.15, -0.1) is 11.3 Å². The van der Waals surface area contributed by atoms with Crippen LogP contribution in [-0.2, 0) is 11.8 Å². The van der Waals surface area contributed by atoms with Gasteiger partial charge >= 0.3 is 5.97 Å². The van der Waals surface area contributed by atoms with Crippen LogP contribution in [0.1, 0.15) is 20.8 Å². The third-order valence-corrected chi connectivity index (χ3v) is 3.60. The van der Waals surface area contributed by atoms with Crippen LogP contribution in [0.15, 0.2) is 16.2 Å². The molecule has 0 radical (unpaired) electrons. The zero-order chi connectivity index (χ0) is 14.9. The number of methoxy groups -OCH3 is 1. The first-order chi connectivity index (χ1) is 9.51. The zero-order valence-electron chi connectivity index (χ0n) is 10.6. The lowest BCUT2D eigenvalue weighted by atomic mass is 10.2. The van der Waals surface area contributed by atoms with Crippen LogP contribution in [0.3, 0.4) is 0 Å². The van der Waals surface area contributed by atoms with E-state index in [9.17, 15) is 19.5 Å². The number of thiophene rings is 1. The van der Waals surface area contributed by atoms with Crippen molar-refractivity contribution in [2.75, 3.05) is 7.11 Å². The average molecular weight is 294 g/mol. The van der Waals surface area contributed by atoms with E-state index in [4.69, 9.17) is 0 Å². The first-order valence-corrected chi connectivity index (χ1v) is 6.30. The number of rotatable bonds is 3. The van der Waals surface area contributed by atoms with E-state index in [2.05, 4.69) is 9.72 Å². The van der Waals surface area contributed by atoms with Gasteiger partial charge in [0, 0.05) is 12.6 Å². The first kappa shape index (κ1) is 13.9. The normalized spacial score (nSPS) is 10.3. The van der Waals surface area contributed by atoms with Crippen LogP contribution in [0.4, 0.5) is 0 Å². The molecule has 0 saturated carbocycles. The molecule has 0 fully saturated rings. The molecule has 0 aliphatic carbocycles. The van der Waals surface area contributed by atoms with E-state index in [1.165, 1.54) is 18.4 Å². The molecule has 2 aromatic heterocycles. The lowest BCUT2D eigenvalue weighted by molar-refractivity contribution is 0.0589. The molecule has 2 aromatic rings. The number of carbonyl (C=O) groups excluding carboxylic acids is 2. The summed E-state index contributed by atoms with van der Waals surface area (Å²) in [6.45, 7) is 0. The van der Waals surface area contributed by atoms with Gasteiger partial charge < -0.3 is 9.84 Å². The van der Waals surface area contributed by atoms with Crippen molar-refractivity contribution in [2.45, 2.75) is 0 Å². The Morgan fingerprint density at radius 1 is 1.55 bits per heavy atom. The lowest BCUT2D eigenvalue weighted by Crippen LogP contribution is -2.23. The molecule has 0 unspecified atom stereocenters. The standard InChI is InChI=1S/C12H10N2O5S/c1-14-10(9-6(5-15)3-4-20-9)13-7(12(18)19-2)8(16)11(14)17/h3-5,16H,1-2H3. The third kappa shape index (κ3) is 2.10. The quantitative estimate of drug-likeness (QED) is 0.664. The molecule has 1 N–H and O–H groups in total. The maximum Gasteiger partial charge on any atom is 0.360 e. The van der Waals surface area contributed by atoms with E-state index in [-0.39, 0.29) is 5.82 Å². The second kappa shape index (κ2) is 5.25. The topological polar surface area (TPSA) is 98.5 Å². The number of ether oxygens (including phenoxy) is 1. The predicted octanol–water partition coefficient (Wildman–Crippen LogP) is 0.813. The fourth-order valence-corrected chi connectivity index (χ4v) is 2.52. The number of aromatic hydroxyl groups is 1. The number of hydrogen-bond acceptors (Lipinski definition) is 7. The van der Waals surface area contributed by atoms with Crippen molar-refractivity contribution < 1.29 is 19.4 Å². The van der Waals surface area contributed by atoms with E-state index in [0.717, 1.165) is 11.7 Å². The van der Waals surface area contributed by atoms with Crippen LogP contribution in [-0.4, -0.2) is 34.0 Å². The number of aromatic nitrogens is 2. The Labute approximate surface area is 117 Å². The minimum absolute atomic E-state index is 0.116. The Hall–Kier alpha value is -2.48. The fourth-order valence-electron chi connectivity index (χ4n) is 1.63. The van der Waals surface area contributed by atoms with E-state index < -0.39 is 23.0 Å². The van der Waals surface area contributed by atoms with Crippen molar-refractivity contribution in [3.63, 3.8) is 0 Å². The SMILES string of the molecule is COC(=O)c1nc(-c2sccc2C=O)n(C)c(=O)c1O. The molecule has 0 saturated heterocycles. The molecule has 20 heavy (non-hydrogen) atoms. The van der Waals surface area contributed by atoms with Crippen LogP contribution in [0.25, 0.3) is 10.7 Å². The van der Waals surface area contributed by atoms with Gasteiger partial charge in [0.15, 0.2) is 17.8 Å². The van der Waals surface area contributed by atoms with E-state index in [1.807, 2.05) is 0 Å². The highest BCUT2D eigenvalue weighted by molar-refractivity contribution is 7.13. The van der Waals surface area contributed by atoms with E-state index >= 15 is 0 Å². The maximum atomic E-state index is 11.9.